The molecule has 0 amide bonds. The van der Waals surface area contributed by atoms with Gasteiger partial charge in [0.25, 0.3) is 5.75 Å². The number of carbonyl (C=O) groups excluding carboxylic acids is 1. The third-order valence-corrected chi connectivity index (χ3v) is 3.56. The normalized spacial score (nSPS) is 17.7. The number of hydrogen-bond acceptors (Lipinski definition) is 4. The van der Waals surface area contributed by atoms with Crippen molar-refractivity contribution < 1.29 is 19.4 Å². The van der Waals surface area contributed by atoms with E-state index in [-0.39, 0.29) is 12.6 Å². The Kier molecular flexibility index (Phi) is 2.45. The molecule has 5 heteroatoms. The molecule has 0 spiro atoms. The second kappa shape index (κ2) is 3.88. The maximum Gasteiger partial charge on any atom is 0.305 e. The molecule has 0 bridgehead atoms. The summed E-state index contributed by atoms with van der Waals surface area (Å²) in [7, 11) is 2.01. The average Bonchev–Trinajstić information content (AvgIpc) is 2.79. The number of likely N-dealkylation sites (N-methyl/N-ethyl adjacent to an activating group) is 1. The van der Waals surface area contributed by atoms with Gasteiger partial charge in [-0.25, -0.2) is 0 Å². The SMILES string of the molecule is CC(=O)c1c2c(c([OH2+])c3c1OCO3)CN(C)CC2. The summed E-state index contributed by atoms with van der Waals surface area (Å²) in [4.78, 5) is 14.0. The minimum absolute atomic E-state index is 0.0162. The molecule has 0 atom stereocenters. The van der Waals surface area contributed by atoms with Crippen LogP contribution in [0.3, 0.4) is 0 Å². The first-order valence-electron chi connectivity index (χ1n) is 5.98. The standard InChI is InChI=1S/C13H15NO4/c1-7(15)10-8-3-4-14(2)5-9(8)11(16)13-12(10)17-6-18-13/h16H,3-6H2,1-2H3/p+1. The van der Waals surface area contributed by atoms with E-state index in [9.17, 15) is 4.79 Å². The van der Waals surface area contributed by atoms with E-state index in [1.54, 1.807) is 6.92 Å². The molecule has 2 heterocycles. The summed E-state index contributed by atoms with van der Waals surface area (Å²) >= 11 is 0. The largest absolute Gasteiger partial charge is 0.590 e. The lowest BCUT2D eigenvalue weighted by molar-refractivity contribution is 0.101. The molecule has 2 aliphatic rings. The summed E-state index contributed by atoms with van der Waals surface area (Å²) in [6, 6.07) is 0. The average molecular weight is 250 g/mol. The molecule has 0 saturated heterocycles. The van der Waals surface area contributed by atoms with Crippen molar-refractivity contribution in [2.24, 2.45) is 0 Å². The van der Waals surface area contributed by atoms with Gasteiger partial charge < -0.3 is 19.5 Å². The van der Waals surface area contributed by atoms with E-state index in [1.165, 1.54) is 0 Å². The van der Waals surface area contributed by atoms with E-state index in [2.05, 4.69) is 4.90 Å². The van der Waals surface area contributed by atoms with Crippen molar-refractivity contribution >= 4 is 5.78 Å². The molecule has 0 aliphatic carbocycles. The molecule has 0 saturated carbocycles. The summed E-state index contributed by atoms with van der Waals surface area (Å²) in [6.07, 6.45) is 0.781. The van der Waals surface area contributed by atoms with E-state index in [0.29, 0.717) is 29.4 Å². The molecule has 96 valence electrons. The Balaban J connectivity index is 2.29. The highest BCUT2D eigenvalue weighted by Crippen LogP contribution is 2.48. The fourth-order valence-corrected chi connectivity index (χ4v) is 2.70. The molecule has 0 aromatic heterocycles. The number of rotatable bonds is 1. The first-order valence-corrected chi connectivity index (χ1v) is 5.98. The second-order valence-electron chi connectivity index (χ2n) is 4.82. The van der Waals surface area contributed by atoms with Crippen LogP contribution in [0.25, 0.3) is 0 Å². The number of ketones is 1. The van der Waals surface area contributed by atoms with Crippen LogP contribution in [0.5, 0.6) is 17.2 Å². The monoisotopic (exact) mass is 250 g/mol. The smallest absolute Gasteiger partial charge is 0.305 e. The zero-order chi connectivity index (χ0) is 12.9. The van der Waals surface area contributed by atoms with Gasteiger partial charge in [0.2, 0.25) is 6.79 Å². The molecular weight excluding hydrogens is 234 g/mol. The van der Waals surface area contributed by atoms with Crippen molar-refractivity contribution in [1.82, 2.24) is 4.90 Å². The van der Waals surface area contributed by atoms with Gasteiger partial charge in [0.1, 0.15) is 0 Å². The van der Waals surface area contributed by atoms with Crippen LogP contribution in [0, 0.1) is 0 Å². The van der Waals surface area contributed by atoms with Crippen molar-refractivity contribution in [2.75, 3.05) is 20.4 Å². The molecule has 0 fully saturated rings. The first-order chi connectivity index (χ1) is 8.59. The minimum atomic E-state index is -0.0162. The Morgan fingerprint density at radius 3 is 2.72 bits per heavy atom. The number of fused-ring (bicyclic) bond motifs is 2. The predicted molar refractivity (Wildman–Crippen MR) is 65.7 cm³/mol. The summed E-state index contributed by atoms with van der Waals surface area (Å²) < 4.78 is 10.7. The Bertz CT molecular complexity index is 539. The van der Waals surface area contributed by atoms with Crippen LogP contribution in [-0.4, -0.2) is 36.2 Å². The third-order valence-electron chi connectivity index (χ3n) is 3.56. The Morgan fingerprint density at radius 2 is 2.00 bits per heavy atom. The van der Waals surface area contributed by atoms with Crippen molar-refractivity contribution in [3.8, 4) is 17.2 Å². The number of benzene rings is 1. The van der Waals surface area contributed by atoms with Crippen LogP contribution in [0.4, 0.5) is 0 Å². The van der Waals surface area contributed by atoms with Crippen molar-refractivity contribution in [1.29, 1.82) is 0 Å². The van der Waals surface area contributed by atoms with E-state index in [0.717, 1.165) is 24.1 Å². The highest BCUT2D eigenvalue weighted by atomic mass is 16.7. The summed E-state index contributed by atoms with van der Waals surface area (Å²) in [5, 5.41) is 8.19. The zero-order valence-corrected chi connectivity index (χ0v) is 10.5. The Labute approximate surface area is 105 Å². The van der Waals surface area contributed by atoms with Gasteiger partial charge in [0.05, 0.1) is 11.1 Å². The van der Waals surface area contributed by atoms with E-state index < -0.39 is 0 Å². The summed E-state index contributed by atoms with van der Waals surface area (Å²) in [6.45, 7) is 3.22. The lowest BCUT2D eigenvalue weighted by Gasteiger charge is -2.26. The van der Waals surface area contributed by atoms with E-state index in [4.69, 9.17) is 14.6 Å². The number of ether oxygens (including phenoxy) is 2. The Morgan fingerprint density at radius 1 is 1.28 bits per heavy atom. The second-order valence-corrected chi connectivity index (χ2v) is 4.82. The highest BCUT2D eigenvalue weighted by molar-refractivity contribution is 6.00. The van der Waals surface area contributed by atoms with Crippen molar-refractivity contribution in [2.45, 2.75) is 19.9 Å². The topological polar surface area (TPSA) is 61.7 Å². The molecule has 2 N–H and O–H groups in total. The molecule has 0 unspecified atom stereocenters. The number of hydrogen-bond donors (Lipinski definition) is 0. The number of carbonyl (C=O) groups is 1. The molecule has 18 heavy (non-hydrogen) atoms. The van der Waals surface area contributed by atoms with Gasteiger partial charge in [-0.2, -0.15) is 0 Å². The maximum atomic E-state index is 11.9. The number of Topliss-reactive ketones (excluding diaryl/α,β-unsaturated/α-hetero) is 1. The number of nitrogens with zero attached hydrogens (tertiary/aromatic N) is 1. The fourth-order valence-electron chi connectivity index (χ4n) is 2.70. The predicted octanol–water partition coefficient (Wildman–Crippen LogP) is 1.04. The lowest BCUT2D eigenvalue weighted by Crippen LogP contribution is -2.28. The van der Waals surface area contributed by atoms with Crippen LogP contribution < -0.4 is 9.47 Å². The van der Waals surface area contributed by atoms with Gasteiger partial charge in [-0.15, -0.1) is 0 Å². The van der Waals surface area contributed by atoms with Gasteiger partial charge in [-0.1, -0.05) is 0 Å². The van der Waals surface area contributed by atoms with Crippen molar-refractivity contribution in [3.05, 3.63) is 16.7 Å². The third kappa shape index (κ3) is 1.47. The van der Waals surface area contributed by atoms with Crippen LogP contribution in [0.15, 0.2) is 0 Å². The first kappa shape index (κ1) is 11.3. The van der Waals surface area contributed by atoms with Crippen LogP contribution >= 0.6 is 0 Å². The van der Waals surface area contributed by atoms with Gasteiger partial charge in [0, 0.05) is 13.1 Å². The maximum absolute atomic E-state index is 11.9. The lowest BCUT2D eigenvalue weighted by atomic mass is 9.90. The molecular formula is C13H16NO4+. The molecule has 1 aromatic rings. The molecule has 5 nitrogen and oxygen atoms in total. The molecule has 3 rings (SSSR count). The molecule has 1 aromatic carbocycles. The fraction of sp³-hybridized carbons (Fsp3) is 0.462. The van der Waals surface area contributed by atoms with Crippen LogP contribution in [0.2, 0.25) is 0 Å². The van der Waals surface area contributed by atoms with Crippen molar-refractivity contribution in [3.63, 3.8) is 0 Å². The van der Waals surface area contributed by atoms with Crippen LogP contribution in [0.1, 0.15) is 28.4 Å². The molecule has 0 radical (unpaired) electrons. The van der Waals surface area contributed by atoms with Gasteiger partial charge >= 0.3 is 5.75 Å². The zero-order valence-electron chi connectivity index (χ0n) is 10.5. The van der Waals surface area contributed by atoms with Gasteiger partial charge in [0.15, 0.2) is 11.5 Å². The molecule has 2 aliphatic heterocycles. The van der Waals surface area contributed by atoms with Crippen LogP contribution in [-0.2, 0) is 13.0 Å². The van der Waals surface area contributed by atoms with Gasteiger partial charge in [-0.3, -0.25) is 4.79 Å². The minimum Gasteiger partial charge on any atom is -0.590 e. The quantitative estimate of drug-likeness (QED) is 0.552. The van der Waals surface area contributed by atoms with Gasteiger partial charge in [-0.05, 0) is 26.0 Å². The van der Waals surface area contributed by atoms with E-state index >= 15 is 0 Å². The van der Waals surface area contributed by atoms with E-state index in [1.807, 2.05) is 7.05 Å². The summed E-state index contributed by atoms with van der Waals surface area (Å²) in [5.41, 5.74) is 2.48. The Hall–Kier alpha value is -1.75. The summed E-state index contributed by atoms with van der Waals surface area (Å²) in [5.74, 6) is 1.25. The highest BCUT2D eigenvalue weighted by Gasteiger charge is 2.35.